The monoisotopic (exact) mass is 217 g/mol. The zero-order valence-electron chi connectivity index (χ0n) is 9.96. The summed E-state index contributed by atoms with van der Waals surface area (Å²) in [5.74, 6) is 0.717. The van der Waals surface area contributed by atoms with Gasteiger partial charge in [0.2, 0.25) is 0 Å². The molecule has 0 heterocycles. The fraction of sp³-hybridized carbons (Fsp3) is 0.385. The van der Waals surface area contributed by atoms with Gasteiger partial charge in [0, 0.05) is 17.3 Å². The Bertz CT molecular complexity index is 386. The van der Waals surface area contributed by atoms with E-state index in [1.54, 1.807) is 6.92 Å². The first kappa shape index (κ1) is 12.4. The molecule has 0 aliphatic heterocycles. The first-order valence-electron chi connectivity index (χ1n) is 5.48. The van der Waals surface area contributed by atoms with Gasteiger partial charge >= 0.3 is 0 Å². The topological polar surface area (TPSA) is 62.2 Å². The lowest BCUT2D eigenvalue weighted by molar-refractivity contribution is 0.778. The van der Waals surface area contributed by atoms with Crippen LogP contribution >= 0.6 is 0 Å². The summed E-state index contributed by atoms with van der Waals surface area (Å²) in [4.78, 5) is 4.15. The highest BCUT2D eigenvalue weighted by Gasteiger charge is 2.17. The number of allylic oxidation sites excluding steroid dienone is 4. The van der Waals surface area contributed by atoms with Crippen molar-refractivity contribution in [2.45, 2.75) is 26.7 Å². The zero-order chi connectivity index (χ0) is 12.1. The van der Waals surface area contributed by atoms with Crippen molar-refractivity contribution in [2.24, 2.45) is 16.6 Å². The number of aliphatic imine (C=N–C) groups is 1. The summed E-state index contributed by atoms with van der Waals surface area (Å²) in [6.07, 6.45) is 7.88. The maximum Gasteiger partial charge on any atom is 0.116 e. The molecule has 0 aromatic carbocycles. The van der Waals surface area contributed by atoms with Crippen molar-refractivity contribution in [1.29, 1.82) is 5.41 Å². The Morgan fingerprint density at radius 3 is 2.94 bits per heavy atom. The van der Waals surface area contributed by atoms with Crippen molar-refractivity contribution in [3.63, 3.8) is 0 Å². The first-order chi connectivity index (χ1) is 7.52. The lowest BCUT2D eigenvalue weighted by Gasteiger charge is -2.11. The third kappa shape index (κ3) is 3.50. The van der Waals surface area contributed by atoms with E-state index in [2.05, 4.69) is 24.6 Å². The van der Waals surface area contributed by atoms with E-state index in [-0.39, 0.29) is 0 Å². The van der Waals surface area contributed by atoms with Gasteiger partial charge in [-0.25, -0.2) is 4.99 Å². The maximum atomic E-state index is 7.49. The van der Waals surface area contributed by atoms with Gasteiger partial charge in [0.15, 0.2) is 0 Å². The average Bonchev–Trinajstić information content (AvgIpc) is 2.61. The summed E-state index contributed by atoms with van der Waals surface area (Å²) in [7, 11) is 0. The zero-order valence-corrected chi connectivity index (χ0v) is 9.96. The van der Waals surface area contributed by atoms with Crippen LogP contribution < -0.4 is 5.73 Å². The molecule has 0 aromatic rings. The number of rotatable bonds is 4. The van der Waals surface area contributed by atoms with Crippen LogP contribution in [0.2, 0.25) is 0 Å². The molecule has 0 fully saturated rings. The van der Waals surface area contributed by atoms with Crippen LogP contribution in [0.5, 0.6) is 0 Å². The Kier molecular flexibility index (Phi) is 4.23. The average molecular weight is 217 g/mol. The summed E-state index contributed by atoms with van der Waals surface area (Å²) < 4.78 is 0. The van der Waals surface area contributed by atoms with E-state index in [4.69, 9.17) is 11.1 Å². The van der Waals surface area contributed by atoms with Gasteiger partial charge < -0.3 is 11.1 Å². The molecular formula is C13H19N3. The minimum Gasteiger partial charge on any atom is -0.384 e. The van der Waals surface area contributed by atoms with Gasteiger partial charge in [-0.2, -0.15) is 0 Å². The predicted octanol–water partition coefficient (Wildman–Crippen LogP) is 2.81. The van der Waals surface area contributed by atoms with E-state index >= 15 is 0 Å². The van der Waals surface area contributed by atoms with Gasteiger partial charge in [-0.15, -0.1) is 0 Å². The quantitative estimate of drug-likeness (QED) is 0.699. The van der Waals surface area contributed by atoms with Crippen molar-refractivity contribution in [3.8, 4) is 0 Å². The molecule has 0 amide bonds. The number of hydrogen-bond donors (Lipinski definition) is 2. The van der Waals surface area contributed by atoms with Gasteiger partial charge in [-0.05, 0) is 31.9 Å². The van der Waals surface area contributed by atoms with Crippen LogP contribution in [0.15, 0.2) is 41.2 Å². The molecule has 3 N–H and O–H groups in total. The maximum absolute atomic E-state index is 7.49. The number of nitrogens with zero attached hydrogens (tertiary/aromatic N) is 1. The molecule has 1 atom stereocenters. The third-order valence-corrected chi connectivity index (χ3v) is 2.52. The van der Waals surface area contributed by atoms with Crippen LogP contribution in [0.25, 0.3) is 0 Å². The highest BCUT2D eigenvalue weighted by atomic mass is 14.9. The van der Waals surface area contributed by atoms with Crippen molar-refractivity contribution in [3.05, 3.63) is 36.2 Å². The van der Waals surface area contributed by atoms with Gasteiger partial charge in [0.1, 0.15) is 5.82 Å². The van der Waals surface area contributed by atoms with Crippen LogP contribution in [-0.2, 0) is 0 Å². The minimum absolute atomic E-state index is 0.352. The molecule has 86 valence electrons. The second kappa shape index (κ2) is 5.45. The lowest BCUT2D eigenvalue weighted by atomic mass is 9.95. The molecule has 0 radical (unpaired) electrons. The normalized spacial score (nSPS) is 22.8. The molecule has 1 aliphatic rings. The van der Waals surface area contributed by atoms with Crippen LogP contribution in [0.3, 0.4) is 0 Å². The number of nitrogens with one attached hydrogen (secondary N) is 1. The van der Waals surface area contributed by atoms with Crippen molar-refractivity contribution >= 4 is 11.4 Å². The predicted molar refractivity (Wildman–Crippen MR) is 69.8 cm³/mol. The van der Waals surface area contributed by atoms with E-state index in [1.807, 2.05) is 12.2 Å². The number of hydrogen-bond acceptors (Lipinski definition) is 3. The SMILES string of the molecule is C=C(N)N=C1C=CC(/C(=C\C(C)=N)CC)C1. The van der Waals surface area contributed by atoms with Crippen molar-refractivity contribution in [1.82, 2.24) is 0 Å². The van der Waals surface area contributed by atoms with Gasteiger partial charge in [-0.1, -0.05) is 25.2 Å². The van der Waals surface area contributed by atoms with Gasteiger partial charge in [0.25, 0.3) is 0 Å². The molecule has 0 aromatic heterocycles. The van der Waals surface area contributed by atoms with Gasteiger partial charge in [0.05, 0.1) is 0 Å². The van der Waals surface area contributed by atoms with Crippen molar-refractivity contribution in [2.75, 3.05) is 0 Å². The summed E-state index contributed by atoms with van der Waals surface area (Å²) in [6.45, 7) is 7.47. The fourth-order valence-electron chi connectivity index (χ4n) is 1.86. The second-order valence-electron chi connectivity index (χ2n) is 4.02. The molecule has 1 unspecified atom stereocenters. The summed E-state index contributed by atoms with van der Waals surface area (Å²) in [5.41, 5.74) is 8.28. The molecule has 1 aliphatic carbocycles. The van der Waals surface area contributed by atoms with Crippen LogP contribution in [-0.4, -0.2) is 11.4 Å². The lowest BCUT2D eigenvalue weighted by Crippen LogP contribution is -2.03. The molecule has 3 nitrogen and oxygen atoms in total. The third-order valence-electron chi connectivity index (χ3n) is 2.52. The van der Waals surface area contributed by atoms with Crippen LogP contribution in [0.1, 0.15) is 26.7 Å². The van der Waals surface area contributed by atoms with Crippen LogP contribution in [0.4, 0.5) is 0 Å². The Morgan fingerprint density at radius 2 is 2.44 bits per heavy atom. The van der Waals surface area contributed by atoms with E-state index in [0.717, 1.165) is 18.6 Å². The summed E-state index contributed by atoms with van der Waals surface area (Å²) in [5, 5.41) is 7.49. The highest BCUT2D eigenvalue weighted by Crippen LogP contribution is 2.26. The molecule has 0 saturated carbocycles. The molecule has 16 heavy (non-hydrogen) atoms. The molecular weight excluding hydrogens is 198 g/mol. The molecule has 0 bridgehead atoms. The first-order valence-corrected chi connectivity index (χ1v) is 5.48. The number of nitrogens with two attached hydrogens (primary N) is 1. The Hall–Kier alpha value is -1.64. The minimum atomic E-state index is 0.352. The fourth-order valence-corrected chi connectivity index (χ4v) is 1.86. The summed E-state index contributed by atoms with van der Waals surface area (Å²) in [6, 6.07) is 0. The smallest absolute Gasteiger partial charge is 0.116 e. The molecule has 1 rings (SSSR count). The van der Waals surface area contributed by atoms with E-state index < -0.39 is 0 Å². The standard InChI is InChI=1S/C13H19N3/c1-4-11(7-9(2)14)12-5-6-13(8-12)16-10(3)15/h5-7,12,14H,3-4,8,15H2,1-2H3/b11-7-,14-9?,16-13?. The van der Waals surface area contributed by atoms with Gasteiger partial charge in [-0.3, -0.25) is 0 Å². The highest BCUT2D eigenvalue weighted by molar-refractivity contribution is 5.98. The summed E-state index contributed by atoms with van der Waals surface area (Å²) >= 11 is 0. The van der Waals surface area contributed by atoms with Crippen molar-refractivity contribution < 1.29 is 0 Å². The largest absolute Gasteiger partial charge is 0.384 e. The Labute approximate surface area is 97.0 Å². The molecule has 3 heteroatoms. The van der Waals surface area contributed by atoms with E-state index in [0.29, 0.717) is 17.5 Å². The molecule has 0 spiro atoms. The Balaban J connectivity index is 2.77. The molecule has 0 saturated heterocycles. The second-order valence-corrected chi connectivity index (χ2v) is 4.02. The van der Waals surface area contributed by atoms with Crippen LogP contribution in [0, 0.1) is 11.3 Å². The van der Waals surface area contributed by atoms with E-state index in [9.17, 15) is 0 Å². The Morgan fingerprint density at radius 1 is 1.75 bits per heavy atom. The van der Waals surface area contributed by atoms with E-state index in [1.165, 1.54) is 5.57 Å².